The minimum absolute atomic E-state index is 0.0599. The van der Waals surface area contributed by atoms with E-state index in [0.29, 0.717) is 41.5 Å². The van der Waals surface area contributed by atoms with E-state index in [1.54, 1.807) is 42.5 Å². The number of nitrogen functional groups attached to an aromatic ring is 1. The molecule has 8 nitrogen and oxygen atoms in total. The van der Waals surface area contributed by atoms with Crippen molar-refractivity contribution in [2.24, 2.45) is 5.73 Å². The van der Waals surface area contributed by atoms with Crippen LogP contribution in [0.1, 0.15) is 29.4 Å². The minimum atomic E-state index is -4.09. The Hall–Kier alpha value is -3.32. The Kier molecular flexibility index (Phi) is 8.11. The van der Waals surface area contributed by atoms with Crippen LogP contribution in [0.25, 0.3) is 0 Å². The van der Waals surface area contributed by atoms with Gasteiger partial charge in [0.05, 0.1) is 6.61 Å². The molecular weight excluding hydrogens is 441 g/mol. The van der Waals surface area contributed by atoms with Crippen LogP contribution in [0.2, 0.25) is 0 Å². The molecule has 0 heterocycles. The molecule has 0 spiro atoms. The minimum Gasteiger partial charge on any atom is -0.490 e. The molecule has 3 aromatic carbocycles. The van der Waals surface area contributed by atoms with Gasteiger partial charge in [-0.2, -0.15) is 0 Å². The van der Waals surface area contributed by atoms with Gasteiger partial charge in [-0.3, -0.25) is 9.97 Å². The smallest absolute Gasteiger partial charge is 0.354 e. The first-order valence-electron chi connectivity index (χ1n) is 10.4. The third-order valence-corrected chi connectivity index (χ3v) is 6.51. The van der Waals surface area contributed by atoms with E-state index in [1.165, 1.54) is 7.11 Å². The van der Waals surface area contributed by atoms with Crippen LogP contribution < -0.4 is 20.5 Å². The Bertz CT molecular complexity index is 1120. The van der Waals surface area contributed by atoms with E-state index in [2.05, 4.69) is 5.32 Å². The molecule has 33 heavy (non-hydrogen) atoms. The molecule has 0 radical (unpaired) electrons. The van der Waals surface area contributed by atoms with Crippen LogP contribution in [0.15, 0.2) is 72.8 Å². The van der Waals surface area contributed by atoms with Crippen molar-refractivity contribution in [1.82, 2.24) is 0 Å². The number of benzene rings is 3. The van der Waals surface area contributed by atoms with Gasteiger partial charge < -0.3 is 29.9 Å². The van der Waals surface area contributed by atoms with Gasteiger partial charge in [0.25, 0.3) is 0 Å². The van der Waals surface area contributed by atoms with Crippen molar-refractivity contribution in [1.29, 1.82) is 5.41 Å². The van der Waals surface area contributed by atoms with Crippen molar-refractivity contribution in [3.05, 3.63) is 89.5 Å². The molecule has 9 heteroatoms. The number of nitrogens with one attached hydrogen (secondary N) is 2. The molecule has 3 aromatic rings. The average Bonchev–Trinajstić information content (AvgIpc) is 2.83. The largest absolute Gasteiger partial charge is 0.490 e. The van der Waals surface area contributed by atoms with Gasteiger partial charge in [0.15, 0.2) is 17.3 Å². The Morgan fingerprint density at radius 3 is 2.36 bits per heavy atom. The van der Waals surface area contributed by atoms with E-state index in [9.17, 15) is 9.46 Å². The predicted molar refractivity (Wildman–Crippen MR) is 129 cm³/mol. The molecule has 2 unspecified atom stereocenters. The van der Waals surface area contributed by atoms with Crippen LogP contribution in [0.5, 0.6) is 11.5 Å². The maximum atomic E-state index is 12.9. The normalized spacial score (nSPS) is 13.5. The maximum absolute atomic E-state index is 12.9. The fourth-order valence-corrected chi connectivity index (χ4v) is 4.24. The van der Waals surface area contributed by atoms with Crippen LogP contribution in [0, 0.1) is 5.41 Å². The number of hydrogen-bond donors (Lipinski definition) is 4. The van der Waals surface area contributed by atoms with Gasteiger partial charge in [-0.15, -0.1) is 0 Å². The Labute approximate surface area is 193 Å². The number of nitrogens with two attached hydrogens (primary N) is 1. The van der Waals surface area contributed by atoms with Crippen molar-refractivity contribution in [2.45, 2.75) is 19.3 Å². The lowest BCUT2D eigenvalue weighted by molar-refractivity contribution is 0.269. The van der Waals surface area contributed by atoms with Gasteiger partial charge >= 0.3 is 7.60 Å². The molecule has 3 rings (SSSR count). The number of amidine groups is 1. The van der Waals surface area contributed by atoms with E-state index in [4.69, 9.17) is 25.1 Å². The van der Waals surface area contributed by atoms with Crippen LogP contribution in [-0.4, -0.2) is 24.4 Å². The second-order valence-electron chi connectivity index (χ2n) is 7.20. The summed E-state index contributed by atoms with van der Waals surface area (Å²) in [5, 5.41) is 10.6. The highest BCUT2D eigenvalue weighted by molar-refractivity contribution is 7.53. The molecule has 0 aliphatic carbocycles. The molecule has 0 aromatic heterocycles. The van der Waals surface area contributed by atoms with Gasteiger partial charge in [-0.25, -0.2) is 0 Å². The van der Waals surface area contributed by atoms with E-state index < -0.39 is 13.4 Å². The quantitative estimate of drug-likeness (QED) is 0.179. The molecule has 5 N–H and O–H groups in total. The Morgan fingerprint density at radius 2 is 1.76 bits per heavy atom. The number of hydrogen-bond acceptors (Lipinski definition) is 6. The van der Waals surface area contributed by atoms with Crippen molar-refractivity contribution < 1.29 is 23.5 Å². The van der Waals surface area contributed by atoms with E-state index in [0.717, 1.165) is 5.56 Å². The molecule has 2 atom stereocenters. The molecule has 0 saturated carbocycles. The number of rotatable bonds is 11. The number of ether oxygens (including phenoxy) is 2. The molecule has 0 bridgehead atoms. The second kappa shape index (κ2) is 11.0. The van der Waals surface area contributed by atoms with Crippen LogP contribution in [-0.2, 0) is 15.7 Å². The fraction of sp³-hybridized carbons (Fsp3) is 0.208. The molecule has 0 saturated heterocycles. The first-order valence-corrected chi connectivity index (χ1v) is 12.0. The zero-order valence-corrected chi connectivity index (χ0v) is 19.4. The molecule has 174 valence electrons. The van der Waals surface area contributed by atoms with Gasteiger partial charge in [-0.05, 0) is 54.4 Å². The fourth-order valence-electron chi connectivity index (χ4n) is 3.18. The zero-order valence-electron chi connectivity index (χ0n) is 18.5. The monoisotopic (exact) mass is 469 g/mol. The lowest BCUT2D eigenvalue weighted by Gasteiger charge is -2.25. The van der Waals surface area contributed by atoms with E-state index >= 15 is 0 Å². The highest BCUT2D eigenvalue weighted by Crippen LogP contribution is 2.56. The average molecular weight is 469 g/mol. The highest BCUT2D eigenvalue weighted by atomic mass is 31.2. The summed E-state index contributed by atoms with van der Waals surface area (Å²) in [5.41, 5.74) is 8.12. The first kappa shape index (κ1) is 24.3. The Morgan fingerprint density at radius 1 is 1.06 bits per heavy atom. The summed E-state index contributed by atoms with van der Waals surface area (Å²) in [6.45, 7) is 2.61. The van der Waals surface area contributed by atoms with Gasteiger partial charge in [0.2, 0.25) is 0 Å². The van der Waals surface area contributed by atoms with Crippen LogP contribution >= 0.6 is 7.60 Å². The summed E-state index contributed by atoms with van der Waals surface area (Å²) in [5.74, 6) is -0.136. The first-order chi connectivity index (χ1) is 15.8. The van der Waals surface area contributed by atoms with Crippen molar-refractivity contribution in [3.63, 3.8) is 0 Å². The summed E-state index contributed by atoms with van der Waals surface area (Å²) in [4.78, 5) is 10.5. The maximum Gasteiger partial charge on any atom is 0.354 e. The van der Waals surface area contributed by atoms with Crippen LogP contribution in [0.3, 0.4) is 0 Å². The second-order valence-corrected chi connectivity index (χ2v) is 9.21. The number of anilines is 1. The van der Waals surface area contributed by atoms with E-state index in [-0.39, 0.29) is 5.84 Å². The van der Waals surface area contributed by atoms with Gasteiger partial charge in [-0.1, -0.05) is 36.4 Å². The zero-order chi connectivity index (χ0) is 23.8. The third kappa shape index (κ3) is 6.35. The molecule has 0 amide bonds. The van der Waals surface area contributed by atoms with Gasteiger partial charge in [0, 0.05) is 18.4 Å². The summed E-state index contributed by atoms with van der Waals surface area (Å²) in [6, 6.07) is 21.5. The van der Waals surface area contributed by atoms with E-state index in [1.807, 2.05) is 37.3 Å². The molecule has 0 aliphatic heterocycles. The van der Waals surface area contributed by atoms with Crippen molar-refractivity contribution >= 4 is 19.1 Å². The third-order valence-electron chi connectivity index (χ3n) is 4.91. The summed E-state index contributed by atoms with van der Waals surface area (Å²) in [7, 11) is -2.90. The predicted octanol–water partition coefficient (Wildman–Crippen LogP) is 4.89. The molecule has 0 fully saturated rings. The lowest BCUT2D eigenvalue weighted by Crippen LogP contribution is -2.14. The standard InChI is InChI=1S/C24H28N3O5P/c1-3-31-22-15-19(11-14-21(22)32-16-17-7-5-4-6-8-17)24(33(28,29)30-2)27-20-12-9-18(10-13-20)23(25)26/h4-15,24,27H,3,16H2,1-2H3,(H3,25,26)(H,28,29). The van der Waals surface area contributed by atoms with Gasteiger partial charge in [0.1, 0.15) is 12.4 Å². The highest BCUT2D eigenvalue weighted by Gasteiger charge is 2.33. The van der Waals surface area contributed by atoms with Crippen molar-refractivity contribution in [3.8, 4) is 11.5 Å². The summed E-state index contributed by atoms with van der Waals surface area (Å²) >= 11 is 0. The molecular formula is C24H28N3O5P. The molecule has 0 aliphatic rings. The lowest BCUT2D eigenvalue weighted by atomic mass is 10.1. The Balaban J connectivity index is 1.89. The summed E-state index contributed by atoms with van der Waals surface area (Å²) < 4.78 is 29.5. The van der Waals surface area contributed by atoms with Crippen LogP contribution in [0.4, 0.5) is 5.69 Å². The topological polar surface area (TPSA) is 127 Å². The summed E-state index contributed by atoms with van der Waals surface area (Å²) in [6.07, 6.45) is 0. The SMILES string of the molecule is CCOc1cc(C(Nc2ccc(C(=N)N)cc2)P(=O)(O)OC)ccc1OCc1ccccc1. The van der Waals surface area contributed by atoms with Crippen molar-refractivity contribution in [2.75, 3.05) is 19.0 Å².